The van der Waals surface area contributed by atoms with Crippen LogP contribution in [0.25, 0.3) is 0 Å². The fourth-order valence-electron chi connectivity index (χ4n) is 2.65. The molecule has 0 amide bonds. The summed E-state index contributed by atoms with van der Waals surface area (Å²) in [6.07, 6.45) is -2.49. The summed E-state index contributed by atoms with van der Waals surface area (Å²) in [6, 6.07) is 1.04. The van der Waals surface area contributed by atoms with Crippen LogP contribution in [0.4, 0.5) is 24.9 Å². The number of piperidine rings is 1. The number of aromatic nitrogens is 2. The molecule has 1 fully saturated rings. The minimum Gasteiger partial charge on any atom is -0.357 e. The summed E-state index contributed by atoms with van der Waals surface area (Å²) in [5.41, 5.74) is -0.900. The summed E-state index contributed by atoms with van der Waals surface area (Å²) in [5.74, 6) is 1.60. The van der Waals surface area contributed by atoms with Gasteiger partial charge in [-0.2, -0.15) is 18.2 Å². The maximum absolute atomic E-state index is 12.9. The molecule has 0 spiro atoms. The highest BCUT2D eigenvalue weighted by Crippen LogP contribution is 2.32. The van der Waals surface area contributed by atoms with Gasteiger partial charge in [-0.1, -0.05) is 13.8 Å². The third kappa shape index (κ3) is 3.77. The van der Waals surface area contributed by atoms with Crippen LogP contribution in [0, 0.1) is 11.8 Å². The van der Waals surface area contributed by atoms with E-state index in [2.05, 4.69) is 29.1 Å². The first-order valence-electron chi connectivity index (χ1n) is 7.20. The molecule has 4 nitrogen and oxygen atoms in total. The zero-order valence-corrected chi connectivity index (χ0v) is 12.5. The maximum atomic E-state index is 12.9. The maximum Gasteiger partial charge on any atom is 0.433 e. The van der Waals surface area contributed by atoms with Crippen molar-refractivity contribution >= 4 is 11.8 Å². The Hall–Kier alpha value is -1.53. The van der Waals surface area contributed by atoms with Gasteiger partial charge in [-0.05, 0) is 24.7 Å². The normalized spacial score (nSPS) is 17.4. The van der Waals surface area contributed by atoms with Gasteiger partial charge >= 0.3 is 6.18 Å². The molecule has 21 heavy (non-hydrogen) atoms. The van der Waals surface area contributed by atoms with Gasteiger partial charge in [0.1, 0.15) is 5.82 Å². The van der Waals surface area contributed by atoms with Gasteiger partial charge in [-0.15, -0.1) is 0 Å². The van der Waals surface area contributed by atoms with Crippen molar-refractivity contribution < 1.29 is 13.2 Å². The van der Waals surface area contributed by atoms with Crippen molar-refractivity contribution in [2.75, 3.05) is 30.4 Å². The molecule has 0 unspecified atom stereocenters. The lowest BCUT2D eigenvalue weighted by molar-refractivity contribution is -0.141. The number of hydrogen-bond acceptors (Lipinski definition) is 4. The van der Waals surface area contributed by atoms with E-state index in [0.29, 0.717) is 17.7 Å². The van der Waals surface area contributed by atoms with Crippen LogP contribution in [-0.2, 0) is 6.18 Å². The van der Waals surface area contributed by atoms with Gasteiger partial charge in [0.25, 0.3) is 0 Å². The largest absolute Gasteiger partial charge is 0.433 e. The fourth-order valence-corrected chi connectivity index (χ4v) is 2.65. The topological polar surface area (TPSA) is 41.1 Å². The number of anilines is 2. The number of alkyl halides is 3. The molecule has 1 aromatic heterocycles. The highest BCUT2D eigenvalue weighted by atomic mass is 19.4. The Kier molecular flexibility index (Phi) is 4.58. The van der Waals surface area contributed by atoms with Gasteiger partial charge < -0.3 is 10.2 Å². The van der Waals surface area contributed by atoms with E-state index in [9.17, 15) is 13.2 Å². The summed E-state index contributed by atoms with van der Waals surface area (Å²) in [4.78, 5) is 9.56. The molecule has 1 N–H and O–H groups in total. The zero-order chi connectivity index (χ0) is 15.6. The molecule has 1 aliphatic heterocycles. The molecule has 2 rings (SSSR count). The predicted molar refractivity (Wildman–Crippen MR) is 76.4 cm³/mol. The average molecular weight is 302 g/mol. The second kappa shape index (κ2) is 6.07. The van der Waals surface area contributed by atoms with E-state index in [-0.39, 0.29) is 5.95 Å². The number of halogens is 3. The molecule has 7 heteroatoms. The van der Waals surface area contributed by atoms with Crippen LogP contribution >= 0.6 is 0 Å². The van der Waals surface area contributed by atoms with E-state index in [1.807, 2.05) is 4.90 Å². The smallest absolute Gasteiger partial charge is 0.357 e. The third-order valence-electron chi connectivity index (χ3n) is 4.03. The van der Waals surface area contributed by atoms with Crippen molar-refractivity contribution in [1.82, 2.24) is 9.97 Å². The average Bonchev–Trinajstić information content (AvgIpc) is 2.46. The van der Waals surface area contributed by atoms with Crippen LogP contribution in [-0.4, -0.2) is 30.1 Å². The lowest BCUT2D eigenvalue weighted by Gasteiger charge is -2.34. The van der Waals surface area contributed by atoms with Gasteiger partial charge in [0.05, 0.1) is 0 Å². The Morgan fingerprint density at radius 1 is 1.24 bits per heavy atom. The Bertz CT molecular complexity index is 480. The Morgan fingerprint density at radius 2 is 1.86 bits per heavy atom. The van der Waals surface area contributed by atoms with Gasteiger partial charge in [-0.25, -0.2) is 4.98 Å². The summed E-state index contributed by atoms with van der Waals surface area (Å²) in [7, 11) is 1.52. The van der Waals surface area contributed by atoms with Crippen LogP contribution in [0.5, 0.6) is 0 Å². The molecule has 0 aromatic carbocycles. The van der Waals surface area contributed by atoms with E-state index in [1.165, 1.54) is 7.05 Å². The van der Waals surface area contributed by atoms with Crippen molar-refractivity contribution in [3.05, 3.63) is 11.8 Å². The van der Waals surface area contributed by atoms with E-state index >= 15 is 0 Å². The lowest BCUT2D eigenvalue weighted by atomic mass is 9.87. The van der Waals surface area contributed by atoms with E-state index in [4.69, 9.17) is 0 Å². The first-order chi connectivity index (χ1) is 9.81. The van der Waals surface area contributed by atoms with Crippen molar-refractivity contribution in [3.63, 3.8) is 0 Å². The molecule has 1 aliphatic rings. The fraction of sp³-hybridized carbons (Fsp3) is 0.714. The van der Waals surface area contributed by atoms with Crippen LogP contribution in [0.1, 0.15) is 32.4 Å². The molecule has 0 radical (unpaired) electrons. The predicted octanol–water partition coefficient (Wildman–Crippen LogP) is 3.41. The molecule has 1 saturated heterocycles. The zero-order valence-electron chi connectivity index (χ0n) is 12.5. The van der Waals surface area contributed by atoms with Crippen LogP contribution in [0.3, 0.4) is 0 Å². The van der Waals surface area contributed by atoms with Crippen molar-refractivity contribution in [3.8, 4) is 0 Å². The minimum absolute atomic E-state index is 0.00538. The Labute approximate surface area is 122 Å². The Morgan fingerprint density at radius 3 is 2.33 bits per heavy atom. The van der Waals surface area contributed by atoms with Crippen molar-refractivity contribution in [2.45, 2.75) is 32.9 Å². The summed E-state index contributed by atoms with van der Waals surface area (Å²) < 4.78 is 38.6. The van der Waals surface area contributed by atoms with Gasteiger partial charge in [0.15, 0.2) is 5.69 Å². The molecule has 0 saturated carbocycles. The third-order valence-corrected chi connectivity index (χ3v) is 4.03. The van der Waals surface area contributed by atoms with Crippen molar-refractivity contribution in [1.29, 1.82) is 0 Å². The Balaban J connectivity index is 2.20. The molecule has 0 atom stereocenters. The van der Waals surface area contributed by atoms with E-state index in [1.54, 1.807) is 0 Å². The summed E-state index contributed by atoms with van der Waals surface area (Å²) in [5, 5.41) is 2.60. The van der Waals surface area contributed by atoms with Crippen LogP contribution in [0.15, 0.2) is 6.07 Å². The second-order valence-corrected chi connectivity index (χ2v) is 5.75. The highest BCUT2D eigenvalue weighted by molar-refractivity contribution is 5.45. The number of hydrogen-bond donors (Lipinski definition) is 1. The molecule has 1 aromatic rings. The highest BCUT2D eigenvalue weighted by Gasteiger charge is 2.34. The second-order valence-electron chi connectivity index (χ2n) is 5.75. The molecule has 2 heterocycles. The summed E-state index contributed by atoms with van der Waals surface area (Å²) in [6.45, 7) is 5.85. The standard InChI is InChI=1S/C14H21F3N4/c1-9(2)10-4-6-21(7-5-10)12-8-11(14(15,16)17)19-13(18-3)20-12/h8-10H,4-7H2,1-3H3,(H,18,19,20). The number of rotatable bonds is 3. The molecular weight excluding hydrogens is 281 g/mol. The van der Waals surface area contributed by atoms with Gasteiger partial charge in [-0.3, -0.25) is 0 Å². The number of nitrogens with zero attached hydrogens (tertiary/aromatic N) is 3. The van der Waals surface area contributed by atoms with E-state index < -0.39 is 11.9 Å². The summed E-state index contributed by atoms with van der Waals surface area (Å²) >= 11 is 0. The van der Waals surface area contributed by atoms with Crippen LogP contribution in [0.2, 0.25) is 0 Å². The molecule has 0 bridgehead atoms. The molecular formula is C14H21F3N4. The van der Waals surface area contributed by atoms with Crippen molar-refractivity contribution in [2.24, 2.45) is 11.8 Å². The van der Waals surface area contributed by atoms with Gasteiger partial charge in [0, 0.05) is 26.2 Å². The first kappa shape index (κ1) is 15.9. The van der Waals surface area contributed by atoms with Gasteiger partial charge in [0.2, 0.25) is 5.95 Å². The van der Waals surface area contributed by atoms with Crippen LogP contribution < -0.4 is 10.2 Å². The SMILES string of the molecule is CNc1nc(N2CCC(C(C)C)CC2)cc(C(F)(F)F)n1. The minimum atomic E-state index is -4.46. The molecule has 0 aliphatic carbocycles. The monoisotopic (exact) mass is 302 g/mol. The number of nitrogens with one attached hydrogen (secondary N) is 1. The van der Waals surface area contributed by atoms with E-state index in [0.717, 1.165) is 32.0 Å². The quantitative estimate of drug-likeness (QED) is 0.929. The lowest BCUT2D eigenvalue weighted by Crippen LogP contribution is -2.36. The first-order valence-corrected chi connectivity index (χ1v) is 7.20. The molecule has 118 valence electrons.